The van der Waals surface area contributed by atoms with Gasteiger partial charge in [0.1, 0.15) is 5.75 Å². The molecule has 0 fully saturated rings. The van der Waals surface area contributed by atoms with Crippen LogP contribution in [0.15, 0.2) is 60.7 Å². The molecule has 2 N–H and O–H groups in total. The van der Waals surface area contributed by atoms with Crippen molar-refractivity contribution in [2.24, 2.45) is 0 Å². The van der Waals surface area contributed by atoms with Crippen molar-refractivity contribution in [3.8, 4) is 5.75 Å². The predicted octanol–water partition coefficient (Wildman–Crippen LogP) is 6.40. The first-order valence-corrected chi connectivity index (χ1v) is 10.2. The number of aryl methyl sites for hydroxylation is 2. The SMILES string of the molecule is Cc1ccc(NC(c2ccc(N(C)C)cc2)c2c(C)ccc(C(C)C)c2O)cc1. The van der Waals surface area contributed by atoms with Gasteiger partial charge in [0, 0.05) is 31.0 Å². The van der Waals surface area contributed by atoms with E-state index in [1.165, 1.54) is 5.56 Å². The fourth-order valence-electron chi connectivity index (χ4n) is 3.66. The van der Waals surface area contributed by atoms with E-state index in [0.29, 0.717) is 5.75 Å². The zero-order valence-electron chi connectivity index (χ0n) is 18.3. The molecule has 0 aliphatic rings. The van der Waals surface area contributed by atoms with Gasteiger partial charge in [0.15, 0.2) is 0 Å². The summed E-state index contributed by atoms with van der Waals surface area (Å²) in [6.07, 6.45) is 0. The zero-order chi connectivity index (χ0) is 21.1. The Hall–Kier alpha value is -2.94. The van der Waals surface area contributed by atoms with Crippen LogP contribution in [0, 0.1) is 13.8 Å². The topological polar surface area (TPSA) is 35.5 Å². The molecular weight excluding hydrogens is 356 g/mol. The third-order valence-corrected chi connectivity index (χ3v) is 5.48. The third-order valence-electron chi connectivity index (χ3n) is 5.48. The molecule has 3 heteroatoms. The van der Waals surface area contributed by atoms with E-state index in [1.807, 2.05) is 20.2 Å². The van der Waals surface area contributed by atoms with Crippen LogP contribution < -0.4 is 10.2 Å². The van der Waals surface area contributed by atoms with E-state index in [2.05, 4.69) is 92.5 Å². The molecule has 3 rings (SSSR count). The monoisotopic (exact) mass is 388 g/mol. The Morgan fingerprint density at radius 1 is 0.828 bits per heavy atom. The maximum absolute atomic E-state index is 11.2. The second kappa shape index (κ2) is 8.60. The second-order valence-electron chi connectivity index (χ2n) is 8.32. The molecule has 0 saturated heterocycles. The van der Waals surface area contributed by atoms with Crippen LogP contribution in [0.5, 0.6) is 5.75 Å². The highest BCUT2D eigenvalue weighted by atomic mass is 16.3. The van der Waals surface area contributed by atoms with Gasteiger partial charge in [0.25, 0.3) is 0 Å². The van der Waals surface area contributed by atoms with Gasteiger partial charge in [0.05, 0.1) is 6.04 Å². The highest BCUT2D eigenvalue weighted by Gasteiger charge is 2.23. The number of phenols is 1. The summed E-state index contributed by atoms with van der Waals surface area (Å²) in [7, 11) is 4.08. The molecule has 0 heterocycles. The molecule has 0 aliphatic heterocycles. The summed E-state index contributed by atoms with van der Waals surface area (Å²) >= 11 is 0. The van der Waals surface area contributed by atoms with E-state index >= 15 is 0 Å². The van der Waals surface area contributed by atoms with Crippen molar-refractivity contribution in [1.82, 2.24) is 0 Å². The van der Waals surface area contributed by atoms with Crippen LogP contribution >= 0.6 is 0 Å². The largest absolute Gasteiger partial charge is 0.507 e. The lowest BCUT2D eigenvalue weighted by Gasteiger charge is -2.26. The fraction of sp³-hybridized carbons (Fsp3) is 0.308. The van der Waals surface area contributed by atoms with Crippen LogP contribution in [0.1, 0.15) is 53.6 Å². The maximum atomic E-state index is 11.2. The molecule has 0 spiro atoms. The van der Waals surface area contributed by atoms with Gasteiger partial charge < -0.3 is 15.3 Å². The number of hydrogen-bond acceptors (Lipinski definition) is 3. The van der Waals surface area contributed by atoms with Crippen molar-refractivity contribution in [3.05, 3.63) is 88.5 Å². The van der Waals surface area contributed by atoms with Crippen LogP contribution in [0.25, 0.3) is 0 Å². The fourth-order valence-corrected chi connectivity index (χ4v) is 3.66. The Morgan fingerprint density at radius 3 is 2.00 bits per heavy atom. The molecular formula is C26H32N2O. The number of anilines is 2. The van der Waals surface area contributed by atoms with Gasteiger partial charge >= 0.3 is 0 Å². The molecule has 1 atom stereocenters. The van der Waals surface area contributed by atoms with Gasteiger partial charge in [-0.2, -0.15) is 0 Å². The Labute approximate surface area is 175 Å². The molecule has 152 valence electrons. The summed E-state index contributed by atoms with van der Waals surface area (Å²) in [5.74, 6) is 0.645. The summed E-state index contributed by atoms with van der Waals surface area (Å²) in [5, 5.41) is 14.9. The minimum Gasteiger partial charge on any atom is -0.507 e. The van der Waals surface area contributed by atoms with Crippen LogP contribution in [-0.2, 0) is 0 Å². The number of benzene rings is 3. The molecule has 29 heavy (non-hydrogen) atoms. The molecule has 0 amide bonds. The van der Waals surface area contributed by atoms with Gasteiger partial charge in [-0.05, 0) is 60.7 Å². The van der Waals surface area contributed by atoms with Crippen molar-refractivity contribution >= 4 is 11.4 Å². The Morgan fingerprint density at radius 2 is 1.45 bits per heavy atom. The lowest BCUT2D eigenvalue weighted by atomic mass is 9.89. The summed E-state index contributed by atoms with van der Waals surface area (Å²) in [6.45, 7) is 8.38. The lowest BCUT2D eigenvalue weighted by molar-refractivity contribution is 0.455. The van der Waals surface area contributed by atoms with Gasteiger partial charge in [0.2, 0.25) is 0 Å². The van der Waals surface area contributed by atoms with E-state index in [-0.39, 0.29) is 12.0 Å². The molecule has 0 bridgehead atoms. The van der Waals surface area contributed by atoms with Crippen molar-refractivity contribution in [3.63, 3.8) is 0 Å². The number of hydrogen-bond donors (Lipinski definition) is 2. The van der Waals surface area contributed by atoms with Gasteiger partial charge in [-0.15, -0.1) is 0 Å². The Balaban J connectivity index is 2.12. The smallest absolute Gasteiger partial charge is 0.124 e. The maximum Gasteiger partial charge on any atom is 0.124 e. The van der Waals surface area contributed by atoms with E-state index in [1.54, 1.807) is 0 Å². The predicted molar refractivity (Wildman–Crippen MR) is 124 cm³/mol. The van der Waals surface area contributed by atoms with E-state index in [4.69, 9.17) is 0 Å². The van der Waals surface area contributed by atoms with E-state index in [9.17, 15) is 5.11 Å². The average molecular weight is 389 g/mol. The zero-order valence-corrected chi connectivity index (χ0v) is 18.3. The summed E-state index contributed by atoms with van der Waals surface area (Å²) in [6, 6.07) is 20.9. The summed E-state index contributed by atoms with van der Waals surface area (Å²) in [5.41, 5.74) is 7.53. The minimum absolute atomic E-state index is 0.146. The van der Waals surface area contributed by atoms with Crippen LogP contribution in [0.3, 0.4) is 0 Å². The van der Waals surface area contributed by atoms with Crippen LogP contribution in [-0.4, -0.2) is 19.2 Å². The highest BCUT2D eigenvalue weighted by Crippen LogP contribution is 2.39. The first-order chi connectivity index (χ1) is 13.8. The highest BCUT2D eigenvalue weighted by molar-refractivity contribution is 5.58. The summed E-state index contributed by atoms with van der Waals surface area (Å²) < 4.78 is 0. The van der Waals surface area contributed by atoms with Gasteiger partial charge in [-0.25, -0.2) is 0 Å². The number of aromatic hydroxyl groups is 1. The van der Waals surface area contributed by atoms with Crippen LogP contribution in [0.2, 0.25) is 0 Å². The normalized spacial score (nSPS) is 12.1. The quantitative estimate of drug-likeness (QED) is 0.513. The Bertz CT molecular complexity index is 957. The van der Waals surface area contributed by atoms with E-state index < -0.39 is 0 Å². The minimum atomic E-state index is -0.146. The van der Waals surface area contributed by atoms with Crippen molar-refractivity contribution in [2.75, 3.05) is 24.3 Å². The van der Waals surface area contributed by atoms with Crippen LogP contribution in [0.4, 0.5) is 11.4 Å². The lowest BCUT2D eigenvalue weighted by Crippen LogP contribution is -2.15. The molecule has 3 aromatic rings. The first kappa shape index (κ1) is 20.8. The standard InChI is InChI=1S/C26H32N2O/c1-17(2)23-16-9-19(4)24(26(23)29)25(27-21-12-7-18(3)8-13-21)20-10-14-22(15-11-20)28(5)6/h7-17,25,27,29H,1-6H3. The molecule has 0 radical (unpaired) electrons. The average Bonchev–Trinajstić information content (AvgIpc) is 2.68. The van der Waals surface area contributed by atoms with Crippen molar-refractivity contribution in [1.29, 1.82) is 0 Å². The molecule has 3 nitrogen and oxygen atoms in total. The second-order valence-corrected chi connectivity index (χ2v) is 8.32. The molecule has 0 saturated carbocycles. The summed E-state index contributed by atoms with van der Waals surface area (Å²) in [4.78, 5) is 2.09. The van der Waals surface area contributed by atoms with Crippen molar-refractivity contribution < 1.29 is 5.11 Å². The molecule has 0 aromatic heterocycles. The number of rotatable bonds is 6. The number of phenolic OH excluding ortho intramolecular Hbond substituents is 1. The number of nitrogens with zero attached hydrogens (tertiary/aromatic N) is 1. The molecule has 0 aliphatic carbocycles. The van der Waals surface area contributed by atoms with Gasteiger partial charge in [-0.3, -0.25) is 0 Å². The molecule has 3 aromatic carbocycles. The van der Waals surface area contributed by atoms with Crippen molar-refractivity contribution in [2.45, 2.75) is 39.7 Å². The number of nitrogens with one attached hydrogen (secondary N) is 1. The first-order valence-electron chi connectivity index (χ1n) is 10.2. The van der Waals surface area contributed by atoms with E-state index in [0.717, 1.165) is 33.6 Å². The third kappa shape index (κ3) is 4.56. The van der Waals surface area contributed by atoms with Gasteiger partial charge in [-0.1, -0.05) is 55.8 Å². The molecule has 1 unspecified atom stereocenters. The Kier molecular flexibility index (Phi) is 6.17.